The Kier molecular flexibility index (Phi) is 1.72. The zero-order chi connectivity index (χ0) is 6.57. The highest BCUT2D eigenvalue weighted by atomic mass is 16.1. The molecule has 0 saturated carbocycles. The molecule has 7 heavy (non-hydrogen) atoms. The van der Waals surface area contributed by atoms with Gasteiger partial charge in [-0.15, -0.1) is 0 Å². The standard InChI is InChI=1S/C5H11NO/c1-3-4(2)5(6)7/h4H,3H2,1-2H3,(H2,6,7)/t4-/m0/s1/i/hD. The Labute approximate surface area is 45.2 Å². The van der Waals surface area contributed by atoms with Crippen LogP contribution >= 0.6 is 0 Å². The van der Waals surface area contributed by atoms with Gasteiger partial charge in [-0.2, -0.15) is 0 Å². The van der Waals surface area contributed by atoms with Crippen LogP contribution in [-0.4, -0.2) is 5.91 Å². The van der Waals surface area contributed by atoms with Crippen LogP contribution < -0.4 is 5.73 Å². The van der Waals surface area contributed by atoms with Gasteiger partial charge in [-0.05, 0) is 6.42 Å². The number of amides is 1. The zero-order valence-electron chi connectivity index (χ0n) is 5.69. The summed E-state index contributed by atoms with van der Waals surface area (Å²) in [6.45, 7) is 3.71. The van der Waals surface area contributed by atoms with Crippen molar-refractivity contribution in [1.29, 1.82) is 0 Å². The summed E-state index contributed by atoms with van der Waals surface area (Å²) in [5.41, 5.74) is 1.83. The summed E-state index contributed by atoms with van der Waals surface area (Å²) in [5, 5.41) is 0. The molecule has 0 rings (SSSR count). The third-order valence-corrected chi connectivity index (χ3v) is 1.06. The van der Waals surface area contributed by atoms with Gasteiger partial charge in [-0.1, -0.05) is 13.8 Å². The van der Waals surface area contributed by atoms with Crippen molar-refractivity contribution in [2.24, 2.45) is 11.6 Å². The molecule has 0 aliphatic carbocycles. The van der Waals surface area contributed by atoms with Gasteiger partial charge < -0.3 is 5.73 Å². The summed E-state index contributed by atoms with van der Waals surface area (Å²) >= 11 is 0. The van der Waals surface area contributed by atoms with Crippen LogP contribution in [0.3, 0.4) is 0 Å². The van der Waals surface area contributed by atoms with Crippen LogP contribution in [0.2, 0.25) is 1.41 Å². The van der Waals surface area contributed by atoms with Crippen LogP contribution in [-0.2, 0) is 4.79 Å². The van der Waals surface area contributed by atoms with E-state index in [1.165, 1.54) is 0 Å². The van der Waals surface area contributed by atoms with E-state index in [9.17, 15) is 4.79 Å². The minimum atomic E-state index is -0.201. The van der Waals surface area contributed by atoms with Gasteiger partial charge >= 0.3 is 0 Å². The number of primary amides is 1. The number of rotatable bonds is 2. The summed E-state index contributed by atoms with van der Waals surface area (Å²) < 4.78 is 6.44. The van der Waals surface area contributed by atoms with Crippen molar-refractivity contribution in [3.05, 3.63) is 0 Å². The van der Waals surface area contributed by atoms with E-state index in [-0.39, 0.29) is 11.8 Å². The molecule has 0 aromatic rings. The molecule has 0 aromatic heterocycles. The molecule has 0 aromatic carbocycles. The quantitative estimate of drug-likeness (QED) is 0.542. The van der Waals surface area contributed by atoms with Crippen LogP contribution in [0.5, 0.6) is 0 Å². The first-order chi connectivity index (χ1) is 3.72. The van der Waals surface area contributed by atoms with E-state index in [1.807, 2.05) is 12.7 Å². The highest BCUT2D eigenvalue weighted by molar-refractivity contribution is 5.76. The Hall–Kier alpha value is -0.530. The maximum atomic E-state index is 10.4. The lowest BCUT2D eigenvalue weighted by Crippen LogP contribution is -2.19. The van der Waals surface area contributed by atoms with E-state index in [0.29, 0.717) is 0 Å². The fraction of sp³-hybridized carbons (Fsp3) is 0.800. The minimum absolute atomic E-state index is 0.0208. The predicted molar refractivity (Wildman–Crippen MR) is 28.6 cm³/mol. The van der Waals surface area contributed by atoms with Gasteiger partial charge in [0.1, 0.15) is 0 Å². The Morgan fingerprint density at radius 3 is 2.86 bits per heavy atom. The monoisotopic (exact) mass is 102 g/mol. The maximum Gasteiger partial charge on any atom is 0.220 e. The highest BCUT2D eigenvalue weighted by Gasteiger charge is 2.02. The van der Waals surface area contributed by atoms with Crippen molar-refractivity contribution in [3.8, 4) is 0 Å². The van der Waals surface area contributed by atoms with E-state index < -0.39 is 0 Å². The van der Waals surface area contributed by atoms with Crippen LogP contribution in [0.1, 0.15) is 20.3 Å². The molecule has 0 fully saturated rings. The summed E-state index contributed by atoms with van der Waals surface area (Å²) in [6, 6.07) is 0. The zero-order valence-corrected chi connectivity index (χ0v) is 4.69. The van der Waals surface area contributed by atoms with Crippen molar-refractivity contribution >= 4 is 5.91 Å². The van der Waals surface area contributed by atoms with Gasteiger partial charge in [0.15, 0.2) is 1.41 Å². The minimum Gasteiger partial charge on any atom is -0.369 e. The number of hydrogen-bond acceptors (Lipinski definition) is 1. The van der Waals surface area contributed by atoms with Gasteiger partial charge in [0.2, 0.25) is 5.91 Å². The topological polar surface area (TPSA) is 43.1 Å². The molecule has 2 heteroatoms. The molecule has 0 saturated heterocycles. The summed E-state index contributed by atoms with van der Waals surface area (Å²) in [7, 11) is 0. The van der Waals surface area contributed by atoms with E-state index in [1.54, 1.807) is 6.92 Å². The fourth-order valence-corrected chi connectivity index (χ4v) is 0.185. The second-order valence-corrected chi connectivity index (χ2v) is 1.67. The molecule has 0 bridgehead atoms. The van der Waals surface area contributed by atoms with Crippen molar-refractivity contribution < 1.29 is 6.21 Å². The van der Waals surface area contributed by atoms with Gasteiger partial charge in [-0.3, -0.25) is 4.79 Å². The van der Waals surface area contributed by atoms with E-state index in [4.69, 9.17) is 1.41 Å². The van der Waals surface area contributed by atoms with Gasteiger partial charge in [0.05, 0.1) is 0 Å². The molecule has 2 nitrogen and oxygen atoms in total. The van der Waals surface area contributed by atoms with E-state index in [0.717, 1.165) is 6.42 Å². The molecule has 0 aliphatic heterocycles. The lowest BCUT2D eigenvalue weighted by molar-refractivity contribution is -0.121. The maximum absolute atomic E-state index is 10.4. The SMILES string of the molecule is [2H]NC(=O)[C@@H](C)CC. The van der Waals surface area contributed by atoms with Crippen molar-refractivity contribution in [1.82, 2.24) is 0 Å². The van der Waals surface area contributed by atoms with Gasteiger partial charge in [-0.25, -0.2) is 0 Å². The Morgan fingerprint density at radius 1 is 2.14 bits per heavy atom. The first kappa shape index (κ1) is 4.62. The molecule has 0 unspecified atom stereocenters. The van der Waals surface area contributed by atoms with Crippen LogP contribution in [0.15, 0.2) is 0 Å². The van der Waals surface area contributed by atoms with E-state index in [2.05, 4.69) is 0 Å². The number of carbonyl (C=O) groups is 1. The molecule has 2 N–H and O–H groups in total. The van der Waals surface area contributed by atoms with Gasteiger partial charge in [0, 0.05) is 5.92 Å². The molecule has 0 spiro atoms. The van der Waals surface area contributed by atoms with Crippen LogP contribution in [0.4, 0.5) is 0 Å². The number of hydrogen-bond donors (Lipinski definition) is 1. The first-order valence-corrected chi connectivity index (χ1v) is 2.44. The lowest BCUT2D eigenvalue weighted by atomic mass is 10.1. The molecule has 1 atom stereocenters. The van der Waals surface area contributed by atoms with Crippen LogP contribution in [0.25, 0.3) is 0 Å². The molecule has 0 radical (unpaired) electrons. The third kappa shape index (κ3) is 2.20. The molecule has 42 valence electrons. The third-order valence-electron chi connectivity index (χ3n) is 1.06. The van der Waals surface area contributed by atoms with E-state index >= 15 is 0 Å². The van der Waals surface area contributed by atoms with Gasteiger partial charge in [0.25, 0.3) is 0 Å². The fourth-order valence-electron chi connectivity index (χ4n) is 0.185. The van der Waals surface area contributed by atoms with Crippen molar-refractivity contribution in [2.45, 2.75) is 20.3 Å². The smallest absolute Gasteiger partial charge is 0.220 e. The number of nitrogens with two attached hydrogens (primary N) is 1. The molecule has 1 amide bonds. The lowest BCUT2D eigenvalue weighted by Gasteiger charge is -1.98. The molecule has 0 aliphatic rings. The van der Waals surface area contributed by atoms with Crippen molar-refractivity contribution in [3.63, 3.8) is 0 Å². The summed E-state index contributed by atoms with van der Waals surface area (Å²) in [6.07, 6.45) is 0.796. The normalized spacial score (nSPS) is 14.9. The largest absolute Gasteiger partial charge is 0.369 e. The molecular formula is C5H11NO. The highest BCUT2D eigenvalue weighted by Crippen LogP contribution is 1.96. The number of carbonyl (C=O) groups excluding carboxylic acids is 1. The second-order valence-electron chi connectivity index (χ2n) is 1.67. The summed E-state index contributed by atoms with van der Waals surface area (Å²) in [5.74, 6) is -0.222. The second kappa shape index (κ2) is 2.61. The summed E-state index contributed by atoms with van der Waals surface area (Å²) in [4.78, 5) is 10.4. The van der Waals surface area contributed by atoms with Crippen LogP contribution in [0, 0.1) is 5.92 Å². The average Bonchev–Trinajstić information content (AvgIpc) is 1.84. The molecule has 0 heterocycles. The van der Waals surface area contributed by atoms with Crippen molar-refractivity contribution in [2.75, 3.05) is 0 Å². The average molecular weight is 102 g/mol. The molecular weight excluding hydrogens is 90.1 g/mol. The first-order valence-electron chi connectivity index (χ1n) is 2.94. The predicted octanol–water partition coefficient (Wildman–Crippen LogP) is 0.518. The Balaban J connectivity index is 3.46. The Bertz CT molecular complexity index is 84.5. The Morgan fingerprint density at radius 2 is 2.71 bits per heavy atom.